The minimum atomic E-state index is 0.408. The summed E-state index contributed by atoms with van der Waals surface area (Å²) in [6.07, 6.45) is 4.15. The molecule has 0 atom stereocenters. The Morgan fingerprint density at radius 2 is 2.38 bits per heavy atom. The molecule has 0 saturated carbocycles. The van der Waals surface area contributed by atoms with Gasteiger partial charge in [-0.15, -0.1) is 0 Å². The Labute approximate surface area is 77.0 Å². The van der Waals surface area contributed by atoms with E-state index >= 15 is 0 Å². The molecule has 0 fully saturated rings. The summed E-state index contributed by atoms with van der Waals surface area (Å²) < 4.78 is 0. The summed E-state index contributed by atoms with van der Waals surface area (Å²) in [6.45, 7) is 7.10. The SMILES string of the molecule is C=NN1C(C)=CC(C=O)=N/C1=C/C. The molecule has 0 N–H and O–H groups in total. The van der Waals surface area contributed by atoms with Crippen LogP contribution in [0.4, 0.5) is 0 Å². The fourth-order valence-electron chi connectivity index (χ4n) is 1.10. The predicted molar refractivity (Wildman–Crippen MR) is 52.4 cm³/mol. The van der Waals surface area contributed by atoms with Crippen molar-refractivity contribution in [3.8, 4) is 0 Å². The minimum Gasteiger partial charge on any atom is -0.296 e. The van der Waals surface area contributed by atoms with Crippen LogP contribution >= 0.6 is 0 Å². The second kappa shape index (κ2) is 3.80. The van der Waals surface area contributed by atoms with Gasteiger partial charge in [-0.05, 0) is 26.0 Å². The van der Waals surface area contributed by atoms with Gasteiger partial charge in [0.1, 0.15) is 11.5 Å². The summed E-state index contributed by atoms with van der Waals surface area (Å²) in [7, 11) is 0. The van der Waals surface area contributed by atoms with Crippen LogP contribution in [-0.4, -0.2) is 23.7 Å². The first-order valence-electron chi connectivity index (χ1n) is 3.88. The first-order valence-corrected chi connectivity index (χ1v) is 3.88. The Hall–Kier alpha value is -1.71. The van der Waals surface area contributed by atoms with E-state index in [4.69, 9.17) is 0 Å². The lowest BCUT2D eigenvalue weighted by Gasteiger charge is -2.22. The fraction of sp³-hybridized carbons (Fsp3) is 0.222. The zero-order valence-corrected chi connectivity index (χ0v) is 7.69. The molecule has 1 aliphatic rings. The average molecular weight is 177 g/mol. The number of aldehydes is 1. The summed E-state index contributed by atoms with van der Waals surface area (Å²) in [5.41, 5.74) is 1.24. The van der Waals surface area contributed by atoms with Crippen LogP contribution in [0.3, 0.4) is 0 Å². The third kappa shape index (κ3) is 1.72. The summed E-state index contributed by atoms with van der Waals surface area (Å²) >= 11 is 0. The maximum atomic E-state index is 10.5. The normalized spacial score (nSPS) is 19.5. The van der Waals surface area contributed by atoms with E-state index in [0.717, 1.165) is 5.70 Å². The molecule has 1 aliphatic heterocycles. The van der Waals surface area contributed by atoms with E-state index < -0.39 is 0 Å². The molecule has 0 unspecified atom stereocenters. The molecule has 13 heavy (non-hydrogen) atoms. The molecule has 4 nitrogen and oxygen atoms in total. The zero-order valence-electron chi connectivity index (χ0n) is 7.69. The van der Waals surface area contributed by atoms with Gasteiger partial charge in [-0.1, -0.05) is 0 Å². The van der Waals surface area contributed by atoms with Crippen molar-refractivity contribution >= 4 is 18.7 Å². The molecule has 0 radical (unpaired) electrons. The first kappa shape index (κ1) is 9.38. The number of rotatable bonds is 2. The number of aliphatic imine (C=N–C) groups is 1. The molecule has 0 amide bonds. The molecule has 68 valence electrons. The van der Waals surface area contributed by atoms with Gasteiger partial charge in [-0.25, -0.2) is 10.0 Å². The Morgan fingerprint density at radius 1 is 1.69 bits per heavy atom. The number of carbonyl (C=O) groups is 1. The highest BCUT2D eigenvalue weighted by Crippen LogP contribution is 2.18. The van der Waals surface area contributed by atoms with Crippen molar-refractivity contribution in [2.75, 3.05) is 0 Å². The largest absolute Gasteiger partial charge is 0.296 e. The Bertz CT molecular complexity index is 326. The maximum Gasteiger partial charge on any atom is 0.168 e. The molecule has 0 aromatic rings. The van der Waals surface area contributed by atoms with Gasteiger partial charge >= 0.3 is 0 Å². The standard InChI is InChI=1S/C9H11N3O/c1-4-9-11-8(6-13)5-7(2)12(9)10-3/h4-6H,3H2,1-2H3/b9-4-. The lowest BCUT2D eigenvalue weighted by molar-refractivity contribution is -0.102. The third-order valence-corrected chi connectivity index (χ3v) is 1.67. The van der Waals surface area contributed by atoms with Crippen molar-refractivity contribution in [2.45, 2.75) is 13.8 Å². The fourth-order valence-corrected chi connectivity index (χ4v) is 1.10. The topological polar surface area (TPSA) is 45.0 Å². The highest BCUT2D eigenvalue weighted by Gasteiger charge is 2.14. The van der Waals surface area contributed by atoms with E-state index in [-0.39, 0.29) is 0 Å². The van der Waals surface area contributed by atoms with Crippen molar-refractivity contribution in [1.29, 1.82) is 0 Å². The Balaban J connectivity index is 3.12. The van der Waals surface area contributed by atoms with Crippen molar-refractivity contribution in [1.82, 2.24) is 5.01 Å². The average Bonchev–Trinajstić information content (AvgIpc) is 2.16. The van der Waals surface area contributed by atoms with Gasteiger partial charge in [-0.2, -0.15) is 5.10 Å². The highest BCUT2D eigenvalue weighted by molar-refractivity contribution is 6.34. The quantitative estimate of drug-likeness (QED) is 0.471. The van der Waals surface area contributed by atoms with Gasteiger partial charge in [0.25, 0.3) is 0 Å². The second-order valence-corrected chi connectivity index (χ2v) is 2.54. The van der Waals surface area contributed by atoms with E-state index in [9.17, 15) is 4.79 Å². The molecule has 0 aromatic heterocycles. The number of hydrogen-bond acceptors (Lipinski definition) is 4. The highest BCUT2D eigenvalue weighted by atomic mass is 16.1. The first-order chi connectivity index (χ1) is 6.22. The molecule has 0 bridgehead atoms. The molecule has 0 saturated heterocycles. The van der Waals surface area contributed by atoms with Gasteiger partial charge in [0, 0.05) is 12.4 Å². The van der Waals surface area contributed by atoms with E-state index in [1.807, 2.05) is 13.8 Å². The van der Waals surface area contributed by atoms with Gasteiger partial charge in [0.05, 0.1) is 0 Å². The van der Waals surface area contributed by atoms with Crippen LogP contribution in [0, 0.1) is 0 Å². The number of allylic oxidation sites excluding steroid dienone is 3. The molecule has 1 rings (SSSR count). The van der Waals surface area contributed by atoms with E-state index in [1.165, 1.54) is 0 Å². The lowest BCUT2D eigenvalue weighted by atomic mass is 10.2. The summed E-state index contributed by atoms with van der Waals surface area (Å²) in [5, 5.41) is 5.35. The third-order valence-electron chi connectivity index (χ3n) is 1.67. The molecular weight excluding hydrogens is 166 g/mol. The van der Waals surface area contributed by atoms with Crippen LogP contribution in [0.25, 0.3) is 0 Å². The van der Waals surface area contributed by atoms with Crippen LogP contribution in [0.15, 0.2) is 33.8 Å². The zero-order chi connectivity index (χ0) is 9.84. The van der Waals surface area contributed by atoms with Crippen LogP contribution in [-0.2, 0) is 4.79 Å². The second-order valence-electron chi connectivity index (χ2n) is 2.54. The molecule has 0 aliphatic carbocycles. The number of hydrogen-bond donors (Lipinski definition) is 0. The van der Waals surface area contributed by atoms with Crippen LogP contribution in [0.2, 0.25) is 0 Å². The van der Waals surface area contributed by atoms with Crippen molar-refractivity contribution in [2.24, 2.45) is 10.1 Å². The van der Waals surface area contributed by atoms with Gasteiger partial charge in [-0.3, -0.25) is 4.79 Å². The number of carbonyl (C=O) groups excluding carboxylic acids is 1. The number of nitrogens with zero attached hydrogens (tertiary/aromatic N) is 3. The summed E-state index contributed by atoms with van der Waals surface area (Å²) in [5.74, 6) is 0.622. The van der Waals surface area contributed by atoms with Gasteiger partial charge < -0.3 is 0 Å². The minimum absolute atomic E-state index is 0.408. The van der Waals surface area contributed by atoms with Crippen molar-refractivity contribution in [3.05, 3.63) is 23.7 Å². The van der Waals surface area contributed by atoms with Crippen molar-refractivity contribution in [3.63, 3.8) is 0 Å². The predicted octanol–water partition coefficient (Wildman–Crippen LogP) is 1.32. The van der Waals surface area contributed by atoms with Crippen molar-refractivity contribution < 1.29 is 4.79 Å². The van der Waals surface area contributed by atoms with E-state index in [2.05, 4.69) is 16.8 Å². The smallest absolute Gasteiger partial charge is 0.168 e. The molecular formula is C9H11N3O. The molecule has 0 spiro atoms. The van der Waals surface area contributed by atoms with Crippen LogP contribution < -0.4 is 0 Å². The van der Waals surface area contributed by atoms with Crippen LogP contribution in [0.5, 0.6) is 0 Å². The molecule has 4 heteroatoms. The van der Waals surface area contributed by atoms with Crippen LogP contribution in [0.1, 0.15) is 13.8 Å². The number of hydrazone groups is 1. The lowest BCUT2D eigenvalue weighted by Crippen LogP contribution is -2.19. The maximum absolute atomic E-state index is 10.5. The molecule has 0 aromatic carbocycles. The monoisotopic (exact) mass is 177 g/mol. The molecule has 1 heterocycles. The van der Waals surface area contributed by atoms with E-state index in [0.29, 0.717) is 17.8 Å². The van der Waals surface area contributed by atoms with Gasteiger partial charge in [0.2, 0.25) is 0 Å². The Kier molecular flexibility index (Phi) is 2.74. The summed E-state index contributed by atoms with van der Waals surface area (Å²) in [4.78, 5) is 14.5. The summed E-state index contributed by atoms with van der Waals surface area (Å²) in [6, 6.07) is 0. The Morgan fingerprint density at radius 3 is 2.85 bits per heavy atom. The van der Waals surface area contributed by atoms with E-state index in [1.54, 1.807) is 17.2 Å². The van der Waals surface area contributed by atoms with Gasteiger partial charge in [0.15, 0.2) is 6.29 Å².